The van der Waals surface area contributed by atoms with Crippen molar-refractivity contribution in [3.8, 4) is 11.4 Å². The van der Waals surface area contributed by atoms with Gasteiger partial charge in [-0.2, -0.15) is 4.98 Å². The normalized spacial score (nSPS) is 11.8. The van der Waals surface area contributed by atoms with E-state index < -0.39 is 10.0 Å². The zero-order valence-corrected chi connectivity index (χ0v) is 14.3. The van der Waals surface area contributed by atoms with Crippen LogP contribution in [0.15, 0.2) is 38.2 Å². The van der Waals surface area contributed by atoms with Crippen molar-refractivity contribution in [2.24, 2.45) is 0 Å². The number of sulfonamides is 1. The molecule has 2 heterocycles. The van der Waals surface area contributed by atoms with Crippen molar-refractivity contribution < 1.29 is 17.5 Å². The molecule has 1 aromatic carbocycles. The van der Waals surface area contributed by atoms with Gasteiger partial charge in [0, 0.05) is 10.6 Å². The Bertz CT molecular complexity index is 961. The molecule has 0 saturated heterocycles. The van der Waals surface area contributed by atoms with E-state index in [1.807, 2.05) is 0 Å². The van der Waals surface area contributed by atoms with Gasteiger partial charge >= 0.3 is 0 Å². The van der Waals surface area contributed by atoms with Gasteiger partial charge in [0.1, 0.15) is 10.6 Å². The van der Waals surface area contributed by atoms with Gasteiger partial charge in [-0.3, -0.25) is 0 Å². The fourth-order valence-corrected chi connectivity index (χ4v) is 3.65. The number of aryl methyl sites for hydroxylation is 2. The lowest BCUT2D eigenvalue weighted by molar-refractivity contribution is 0.375. The molecule has 0 radical (unpaired) electrons. The molecule has 0 atom stereocenters. The molecule has 3 aromatic rings. The van der Waals surface area contributed by atoms with Crippen LogP contribution in [0, 0.1) is 13.8 Å². The second-order valence-corrected chi connectivity index (χ2v) is 7.14. The van der Waals surface area contributed by atoms with Crippen molar-refractivity contribution in [1.29, 1.82) is 0 Å². The van der Waals surface area contributed by atoms with Gasteiger partial charge in [-0.05, 0) is 26.0 Å². The van der Waals surface area contributed by atoms with Crippen LogP contribution < -0.4 is 4.72 Å². The molecule has 0 unspecified atom stereocenters. The minimum absolute atomic E-state index is 0.0112. The number of nitrogens with zero attached hydrogens (tertiary/aromatic N) is 3. The highest BCUT2D eigenvalue weighted by Gasteiger charge is 2.24. The smallest absolute Gasteiger partial charge is 0.246 e. The average molecular weight is 369 g/mol. The van der Waals surface area contributed by atoms with E-state index in [4.69, 9.17) is 20.6 Å². The van der Waals surface area contributed by atoms with E-state index >= 15 is 0 Å². The quantitative estimate of drug-likeness (QED) is 0.736. The summed E-state index contributed by atoms with van der Waals surface area (Å²) in [5.41, 5.74) is 0.955. The van der Waals surface area contributed by atoms with E-state index in [-0.39, 0.29) is 28.8 Å². The first-order chi connectivity index (χ1) is 11.4. The molecule has 0 amide bonds. The summed E-state index contributed by atoms with van der Waals surface area (Å²) in [6, 6.07) is 6.94. The molecular weight excluding hydrogens is 356 g/mol. The van der Waals surface area contributed by atoms with Gasteiger partial charge in [-0.25, -0.2) is 13.1 Å². The van der Waals surface area contributed by atoms with E-state index in [2.05, 4.69) is 20.0 Å². The lowest BCUT2D eigenvalue weighted by Crippen LogP contribution is -2.24. The summed E-state index contributed by atoms with van der Waals surface area (Å²) >= 11 is 5.92. The maximum atomic E-state index is 12.3. The first-order valence-corrected chi connectivity index (χ1v) is 8.74. The molecule has 3 rings (SSSR count). The maximum absolute atomic E-state index is 12.3. The number of nitrogens with one attached hydrogen (secondary N) is 1. The zero-order chi connectivity index (χ0) is 17.3. The zero-order valence-electron chi connectivity index (χ0n) is 12.8. The summed E-state index contributed by atoms with van der Waals surface area (Å²) in [4.78, 5) is 4.16. The molecule has 0 spiro atoms. The summed E-state index contributed by atoms with van der Waals surface area (Å²) in [7, 11) is -3.79. The Hall–Kier alpha value is -2.23. The van der Waals surface area contributed by atoms with Gasteiger partial charge in [0.05, 0.1) is 6.54 Å². The molecule has 24 heavy (non-hydrogen) atoms. The lowest BCUT2D eigenvalue weighted by Gasteiger charge is -2.03. The Morgan fingerprint density at radius 2 is 2.00 bits per heavy atom. The molecule has 0 fully saturated rings. The van der Waals surface area contributed by atoms with Crippen LogP contribution in [0.4, 0.5) is 0 Å². The second kappa shape index (κ2) is 6.34. The minimum atomic E-state index is -3.79. The van der Waals surface area contributed by atoms with E-state index in [0.717, 1.165) is 0 Å². The van der Waals surface area contributed by atoms with Crippen LogP contribution in [0.1, 0.15) is 17.3 Å². The highest BCUT2D eigenvalue weighted by molar-refractivity contribution is 7.89. The van der Waals surface area contributed by atoms with Crippen molar-refractivity contribution in [3.63, 3.8) is 0 Å². The standard InChI is InChI=1S/C14H13ClN4O4S/c1-8-13(9(2)22-18-8)24(20,21)16-7-12-17-14(19-23-12)10-4-3-5-11(15)6-10/h3-6,16H,7H2,1-2H3. The van der Waals surface area contributed by atoms with E-state index in [0.29, 0.717) is 16.4 Å². The van der Waals surface area contributed by atoms with Gasteiger partial charge < -0.3 is 9.05 Å². The Balaban J connectivity index is 1.76. The topological polar surface area (TPSA) is 111 Å². The second-order valence-electron chi connectivity index (χ2n) is 5.00. The van der Waals surface area contributed by atoms with Crippen molar-refractivity contribution in [2.45, 2.75) is 25.3 Å². The predicted octanol–water partition coefficient (Wildman–Crippen LogP) is 2.47. The fourth-order valence-electron chi connectivity index (χ4n) is 2.16. The molecular formula is C14H13ClN4O4S. The fraction of sp³-hybridized carbons (Fsp3) is 0.214. The third kappa shape index (κ3) is 3.32. The van der Waals surface area contributed by atoms with Crippen molar-refractivity contribution in [2.75, 3.05) is 0 Å². The average Bonchev–Trinajstić information content (AvgIpc) is 3.12. The van der Waals surface area contributed by atoms with Crippen LogP contribution in [0.25, 0.3) is 11.4 Å². The van der Waals surface area contributed by atoms with Gasteiger partial charge in [-0.1, -0.05) is 34.0 Å². The Kier molecular flexibility index (Phi) is 4.39. The predicted molar refractivity (Wildman–Crippen MR) is 84.7 cm³/mol. The van der Waals surface area contributed by atoms with Gasteiger partial charge in [0.25, 0.3) is 0 Å². The highest BCUT2D eigenvalue weighted by Crippen LogP contribution is 2.21. The van der Waals surface area contributed by atoms with Crippen LogP contribution in [0.2, 0.25) is 5.02 Å². The summed E-state index contributed by atoms with van der Waals surface area (Å²) in [6.45, 7) is 2.92. The van der Waals surface area contributed by atoms with Gasteiger partial charge in [0.15, 0.2) is 5.76 Å². The molecule has 2 aromatic heterocycles. The number of rotatable bonds is 5. The summed E-state index contributed by atoms with van der Waals surface area (Å²) < 4.78 is 36.9. The van der Waals surface area contributed by atoms with E-state index in [1.54, 1.807) is 31.2 Å². The Morgan fingerprint density at radius 3 is 2.67 bits per heavy atom. The van der Waals surface area contributed by atoms with E-state index in [9.17, 15) is 8.42 Å². The van der Waals surface area contributed by atoms with Crippen molar-refractivity contribution in [3.05, 3.63) is 46.6 Å². The third-order valence-corrected chi connectivity index (χ3v) is 5.08. The number of aromatic nitrogens is 3. The first-order valence-electron chi connectivity index (χ1n) is 6.88. The monoisotopic (exact) mass is 368 g/mol. The van der Waals surface area contributed by atoms with Crippen LogP contribution in [0.3, 0.4) is 0 Å². The van der Waals surface area contributed by atoms with Crippen LogP contribution in [-0.4, -0.2) is 23.7 Å². The molecule has 126 valence electrons. The largest absolute Gasteiger partial charge is 0.360 e. The van der Waals surface area contributed by atoms with Crippen LogP contribution in [-0.2, 0) is 16.6 Å². The number of benzene rings is 1. The molecule has 10 heteroatoms. The molecule has 0 aliphatic heterocycles. The number of halogens is 1. The SMILES string of the molecule is Cc1noc(C)c1S(=O)(=O)NCc1nc(-c2cccc(Cl)c2)no1. The Morgan fingerprint density at radius 1 is 1.21 bits per heavy atom. The van der Waals surface area contributed by atoms with Crippen molar-refractivity contribution in [1.82, 2.24) is 20.0 Å². The molecule has 0 aliphatic carbocycles. The molecule has 0 saturated carbocycles. The van der Waals surface area contributed by atoms with Gasteiger partial charge in [-0.15, -0.1) is 0 Å². The first kappa shape index (κ1) is 16.6. The third-order valence-electron chi connectivity index (χ3n) is 3.20. The summed E-state index contributed by atoms with van der Waals surface area (Å²) in [5, 5.41) is 7.99. The highest BCUT2D eigenvalue weighted by atomic mass is 35.5. The maximum Gasteiger partial charge on any atom is 0.246 e. The number of hydrogen-bond donors (Lipinski definition) is 1. The summed E-state index contributed by atoms with van der Waals surface area (Å²) in [5.74, 6) is 0.662. The van der Waals surface area contributed by atoms with Crippen LogP contribution >= 0.6 is 11.6 Å². The minimum Gasteiger partial charge on any atom is -0.360 e. The molecule has 0 bridgehead atoms. The molecule has 8 nitrogen and oxygen atoms in total. The summed E-state index contributed by atoms with van der Waals surface area (Å²) in [6.07, 6.45) is 0. The van der Waals surface area contributed by atoms with Crippen molar-refractivity contribution >= 4 is 21.6 Å². The lowest BCUT2D eigenvalue weighted by atomic mass is 10.2. The number of hydrogen-bond acceptors (Lipinski definition) is 7. The Labute approximate surface area is 142 Å². The van der Waals surface area contributed by atoms with Gasteiger partial charge in [0.2, 0.25) is 21.7 Å². The van der Waals surface area contributed by atoms with E-state index in [1.165, 1.54) is 6.92 Å². The molecule has 0 aliphatic rings. The molecule has 1 N–H and O–H groups in total. The van der Waals surface area contributed by atoms with Crippen LogP contribution in [0.5, 0.6) is 0 Å².